The van der Waals surface area contributed by atoms with Gasteiger partial charge >= 0.3 is 0 Å². The average Bonchev–Trinajstić information content (AvgIpc) is 1.65. The molecular weight excluding hydrogens is 1680 g/mol. The minimum Gasteiger partial charge on any atom is -0.489 e. The summed E-state index contributed by atoms with van der Waals surface area (Å²) in [4.78, 5) is 0. The van der Waals surface area contributed by atoms with Crippen LogP contribution in [0.5, 0.6) is 69.0 Å². The zero-order valence-electron chi connectivity index (χ0n) is 90.4. The van der Waals surface area contributed by atoms with Crippen LogP contribution in [0.1, 0.15) is 321 Å². The Kier molecular flexibility index (Phi) is 64.4. The second-order valence-electron chi connectivity index (χ2n) is 35.7. The fourth-order valence-electron chi connectivity index (χ4n) is 13.1. The van der Waals surface area contributed by atoms with Crippen LogP contribution in [0.15, 0.2) is 218 Å². The fraction of sp³-hybridized carbons (Fsp3) is 0.516. The van der Waals surface area contributed by atoms with Crippen molar-refractivity contribution in [3.8, 4) is 69.0 Å². The molecule has 0 aromatic heterocycles. The van der Waals surface area contributed by atoms with Crippen LogP contribution in [0.25, 0.3) is 64.6 Å². The Bertz CT molecular complexity index is 4650. The topological polar surface area (TPSA) is 111 Å². The molecule has 2 atom stereocenters. The molecule has 2 unspecified atom stereocenters. The number of hydrogen-bond acceptors (Lipinski definition) is 12. The first-order valence-electron chi connectivity index (χ1n) is 50.2. The SMILES string of the molecule is C.C.C.C.CC.CC.CC.CC.CC.CC.CC.CC.CC.CC.CC.CC.CC(C)(C)C1COc2cc3ccccc3cc2O1.CC(C)(C)C1COc2cc3ccccc3cc2O1.CC(C)(C)C1COc2cc3ccccc3cc2OC1.CC(C)(C)C1COc2cc3ccccc3cc2OC1.CC(C)(C)C1Oc2cc3ccccc3cc2O1.CC(C)(C)C1Oc2cc3ccccc3cc2O1. The smallest absolute Gasteiger partial charge is 0.246 e. The summed E-state index contributed by atoms with van der Waals surface area (Å²) >= 11 is 0. The van der Waals surface area contributed by atoms with Crippen LogP contribution in [0.3, 0.4) is 0 Å². The van der Waals surface area contributed by atoms with Crippen LogP contribution in [-0.2, 0) is 0 Å². The number of rotatable bonds is 0. The maximum Gasteiger partial charge on any atom is 0.246 e. The van der Waals surface area contributed by atoms with E-state index in [1.807, 2.05) is 239 Å². The van der Waals surface area contributed by atoms with Gasteiger partial charge in [-0.2, -0.15) is 0 Å². The van der Waals surface area contributed by atoms with Crippen molar-refractivity contribution in [1.29, 1.82) is 0 Å². The Labute approximate surface area is 833 Å². The zero-order chi connectivity index (χ0) is 101. The van der Waals surface area contributed by atoms with Gasteiger partial charge in [-0.25, -0.2) is 0 Å². The maximum atomic E-state index is 6.08. The molecule has 0 aliphatic carbocycles. The minimum absolute atomic E-state index is 0. The minimum atomic E-state index is -0.200. The molecule has 12 aromatic carbocycles. The van der Waals surface area contributed by atoms with Crippen molar-refractivity contribution in [3.05, 3.63) is 218 Å². The summed E-state index contributed by atoms with van der Waals surface area (Å²) < 4.78 is 71.2. The Morgan fingerprint density at radius 2 is 0.287 bits per heavy atom. The highest BCUT2D eigenvalue weighted by molar-refractivity contribution is 5.90. The van der Waals surface area contributed by atoms with Crippen LogP contribution in [0, 0.1) is 44.3 Å². The first kappa shape index (κ1) is 132. The molecule has 0 spiro atoms. The van der Waals surface area contributed by atoms with Gasteiger partial charge in [0.25, 0.3) is 0 Å². The molecule has 12 aromatic rings. The van der Waals surface area contributed by atoms with Crippen molar-refractivity contribution < 1.29 is 56.8 Å². The molecule has 12 heteroatoms. The summed E-state index contributed by atoms with van der Waals surface area (Å²) in [6.45, 7) is 91.2. The molecule has 0 fully saturated rings. The first-order chi connectivity index (χ1) is 63.2. The lowest BCUT2D eigenvalue weighted by Crippen LogP contribution is -2.39. The second-order valence-corrected chi connectivity index (χ2v) is 35.7. The second kappa shape index (κ2) is 66.3. The largest absolute Gasteiger partial charge is 0.489 e. The highest BCUT2D eigenvalue weighted by Crippen LogP contribution is 2.47. The van der Waals surface area contributed by atoms with Crippen LogP contribution < -0.4 is 56.8 Å². The van der Waals surface area contributed by atoms with E-state index in [1.165, 1.54) is 64.6 Å². The van der Waals surface area contributed by atoms with Gasteiger partial charge in [0, 0.05) is 33.5 Å². The van der Waals surface area contributed by atoms with Crippen molar-refractivity contribution in [2.75, 3.05) is 39.6 Å². The van der Waals surface area contributed by atoms with Gasteiger partial charge in [0.05, 0.1) is 26.4 Å². The standard InChI is InChI=1S/2C17H20O2.2C16H18O2.2C15H16O2.12C2H6.4CH4/c2*1-17(2,3)14-10-18-15-8-12-6-4-5-7-13(12)9-16(15)19-11-14;2*1-16(2,3)15-10-17-13-8-11-6-4-5-7-12(11)9-14(13)18-15;2*1-15(2,3)14-16-12-8-10-6-4-5-7-11(10)9-13(12)17-14;12*1-2;;;;/h2*4-9,14H,10-11H2,1-3H3;2*4-9,15H,10H2,1-3H3;2*4-9,14H,1-3H3;12*1-2H3;4*1H4. The van der Waals surface area contributed by atoms with Crippen molar-refractivity contribution >= 4 is 64.6 Å². The Balaban J connectivity index is -0.000000731. The zero-order valence-corrected chi connectivity index (χ0v) is 90.4. The van der Waals surface area contributed by atoms with Crippen LogP contribution in [0.2, 0.25) is 0 Å². The summed E-state index contributed by atoms with van der Waals surface area (Å²) in [5.41, 5.74) is 0.520. The lowest BCUT2D eigenvalue weighted by atomic mass is 9.82. The average molecular weight is 1880 g/mol. The summed E-state index contributed by atoms with van der Waals surface area (Å²) in [7, 11) is 0. The number of ether oxygens (including phenoxy) is 12. The highest BCUT2D eigenvalue weighted by atomic mass is 16.7. The lowest BCUT2D eigenvalue weighted by molar-refractivity contribution is -0.0396. The van der Waals surface area contributed by atoms with Gasteiger partial charge in [0.1, 0.15) is 25.4 Å². The van der Waals surface area contributed by atoms with E-state index in [0.717, 1.165) is 95.4 Å². The van der Waals surface area contributed by atoms with E-state index in [0.29, 0.717) is 25.0 Å². The molecule has 12 nitrogen and oxygen atoms in total. The molecule has 6 aliphatic rings. The van der Waals surface area contributed by atoms with E-state index in [9.17, 15) is 0 Å². The predicted molar refractivity (Wildman–Crippen MR) is 602 cm³/mol. The third kappa shape index (κ3) is 39.4. The van der Waals surface area contributed by atoms with Crippen molar-refractivity contribution in [2.24, 2.45) is 44.3 Å². The summed E-state index contributed by atoms with van der Waals surface area (Å²) in [5.74, 6) is 11.1. The van der Waals surface area contributed by atoms with Crippen molar-refractivity contribution in [2.45, 2.75) is 345 Å². The van der Waals surface area contributed by atoms with Crippen molar-refractivity contribution in [3.63, 3.8) is 0 Å². The summed E-state index contributed by atoms with van der Waals surface area (Å²) in [6, 6.07) is 74.4. The normalized spacial score (nSPS) is 14.0. The fourth-order valence-corrected chi connectivity index (χ4v) is 13.1. The number of fused-ring (bicyclic) bond motifs is 12. The van der Waals surface area contributed by atoms with Gasteiger partial charge < -0.3 is 56.8 Å². The number of hydrogen-bond donors (Lipinski definition) is 0. The molecular formula is C124H196O12. The molecule has 18 rings (SSSR count). The molecule has 0 N–H and O–H groups in total. The Morgan fingerprint density at radius 3 is 0.419 bits per heavy atom. The molecule has 0 bridgehead atoms. The van der Waals surface area contributed by atoms with Crippen molar-refractivity contribution in [1.82, 2.24) is 0 Å². The van der Waals surface area contributed by atoms with Gasteiger partial charge in [-0.15, -0.1) is 0 Å². The van der Waals surface area contributed by atoms with Gasteiger partial charge in [-0.05, 0) is 148 Å². The third-order valence-electron chi connectivity index (χ3n) is 20.7. The first-order valence-corrected chi connectivity index (χ1v) is 50.2. The van der Waals surface area contributed by atoms with Gasteiger partial charge in [0.15, 0.2) is 69.0 Å². The lowest BCUT2D eigenvalue weighted by Gasteiger charge is -2.35. The molecule has 136 heavy (non-hydrogen) atoms. The molecule has 0 radical (unpaired) electrons. The van der Waals surface area contributed by atoms with E-state index in [-0.39, 0.29) is 87.0 Å². The van der Waals surface area contributed by atoms with Crippen LogP contribution >= 0.6 is 0 Å². The van der Waals surface area contributed by atoms with Gasteiger partial charge in [-0.1, -0.05) is 466 Å². The molecule has 764 valence electrons. The predicted octanol–water partition coefficient (Wildman–Crippen LogP) is 39.4. The summed E-state index contributed by atoms with van der Waals surface area (Å²) in [6.07, 6.45) is -0.194. The molecule has 0 saturated carbocycles. The quantitative estimate of drug-likeness (QED) is 0.144. The molecule has 6 heterocycles. The molecule has 0 amide bonds. The highest BCUT2D eigenvalue weighted by Gasteiger charge is 2.38. The molecule has 6 aliphatic heterocycles. The van der Waals surface area contributed by atoms with E-state index in [2.05, 4.69) is 270 Å². The van der Waals surface area contributed by atoms with Crippen LogP contribution in [0.4, 0.5) is 0 Å². The van der Waals surface area contributed by atoms with E-state index in [4.69, 9.17) is 56.8 Å². The summed E-state index contributed by atoms with van der Waals surface area (Å²) in [5, 5.41) is 14.3. The molecule has 0 saturated heterocycles. The van der Waals surface area contributed by atoms with E-state index in [1.54, 1.807) is 0 Å². The Morgan fingerprint density at radius 1 is 0.162 bits per heavy atom. The van der Waals surface area contributed by atoms with Crippen LogP contribution in [-0.4, -0.2) is 64.4 Å². The van der Waals surface area contributed by atoms with E-state index < -0.39 is 0 Å². The monoisotopic (exact) mass is 1880 g/mol. The van der Waals surface area contributed by atoms with Gasteiger partial charge in [-0.3, -0.25) is 0 Å². The van der Waals surface area contributed by atoms with E-state index >= 15 is 0 Å². The Hall–Kier alpha value is -10.2. The third-order valence-corrected chi connectivity index (χ3v) is 20.7. The number of benzene rings is 12. The maximum absolute atomic E-state index is 6.08. The van der Waals surface area contributed by atoms with Gasteiger partial charge in [0.2, 0.25) is 12.6 Å².